The van der Waals surface area contributed by atoms with Crippen molar-refractivity contribution >= 4 is 23.3 Å². The van der Waals surface area contributed by atoms with Crippen LogP contribution in [0.5, 0.6) is 6.01 Å². The smallest absolute Gasteiger partial charge is 0.318 e. The van der Waals surface area contributed by atoms with E-state index in [1.54, 1.807) is 0 Å². The van der Waals surface area contributed by atoms with Gasteiger partial charge in [-0.15, -0.1) is 0 Å². The van der Waals surface area contributed by atoms with E-state index in [4.69, 9.17) is 26.3 Å². The number of carbonyl (C=O) groups is 1. The maximum absolute atomic E-state index is 17.1. The zero-order valence-corrected chi connectivity index (χ0v) is 25.8. The molecule has 0 N–H and O–H groups in total. The van der Waals surface area contributed by atoms with Crippen LogP contribution >= 0.6 is 11.6 Å². The Balaban J connectivity index is 1.25. The number of nitrogens with zero attached hydrogens (tertiary/aromatic N) is 6. The Labute approximate surface area is 261 Å². The molecule has 0 radical (unpaired) electrons. The van der Waals surface area contributed by atoms with Crippen LogP contribution in [-0.2, 0) is 23.1 Å². The molecule has 7 rings (SSSR count). The van der Waals surface area contributed by atoms with Gasteiger partial charge in [0.2, 0.25) is 0 Å². The van der Waals surface area contributed by atoms with E-state index in [2.05, 4.69) is 24.5 Å². The number of ether oxygens (including phenoxy) is 1. The number of alkyl halides is 1. The van der Waals surface area contributed by atoms with E-state index in [0.717, 1.165) is 42.5 Å². The third-order valence-electron chi connectivity index (χ3n) is 11.1. The number of piperazine rings is 1. The van der Waals surface area contributed by atoms with Crippen LogP contribution in [0.3, 0.4) is 0 Å². The van der Waals surface area contributed by atoms with E-state index < -0.39 is 29.4 Å². The van der Waals surface area contributed by atoms with Crippen molar-refractivity contribution in [3.8, 4) is 12.1 Å². The Bertz CT molecular complexity index is 1570. The summed E-state index contributed by atoms with van der Waals surface area (Å²) >= 11 is 6.55. The highest BCUT2D eigenvalue weighted by atomic mass is 35.5. The minimum Gasteiger partial charge on any atom is -0.461 e. The van der Waals surface area contributed by atoms with Crippen molar-refractivity contribution in [3.63, 3.8) is 0 Å². The molecule has 0 bridgehead atoms. The lowest BCUT2D eigenvalue weighted by atomic mass is 9.68. The van der Waals surface area contributed by atoms with Gasteiger partial charge in [0.25, 0.3) is 5.91 Å². The molecule has 11 heteroatoms. The molecular formula is C33H37ClF2N6O2. The van der Waals surface area contributed by atoms with E-state index in [1.165, 1.54) is 4.90 Å². The normalized spacial score (nSPS) is 30.8. The standard InChI is InChI=1S/C33H37ClF2N6O2/c1-20-6-10-32(13-15-42(20)32)19-44-31-38-27-24(8-12-33(28(27)36)11-7-23-25(33)4-3-5-26(23)34)29(39-31)40-16-17-41(30(43)21(2)35)22(18-40)9-14-37/h3-5,20,22,28H,2,6-13,15-19H2,1H3/t20-,22+,28+,32+,33-/m1/s1. The van der Waals surface area contributed by atoms with Crippen LogP contribution in [0, 0.1) is 11.3 Å². The molecule has 5 atom stereocenters. The maximum Gasteiger partial charge on any atom is 0.318 e. The lowest BCUT2D eigenvalue weighted by molar-refractivity contribution is -0.131. The van der Waals surface area contributed by atoms with Gasteiger partial charge in [0.05, 0.1) is 29.8 Å². The summed E-state index contributed by atoms with van der Waals surface area (Å²) in [7, 11) is 0. The van der Waals surface area contributed by atoms with Gasteiger partial charge in [-0.1, -0.05) is 30.3 Å². The van der Waals surface area contributed by atoms with Gasteiger partial charge in [-0.2, -0.15) is 15.2 Å². The number of halogens is 3. The molecule has 2 aromatic rings. The summed E-state index contributed by atoms with van der Waals surface area (Å²) < 4.78 is 37.3. The lowest BCUT2D eigenvalue weighted by Crippen LogP contribution is -2.61. The first-order valence-electron chi connectivity index (χ1n) is 15.7. The monoisotopic (exact) mass is 622 g/mol. The molecule has 1 aromatic heterocycles. The molecular weight excluding hydrogens is 586 g/mol. The van der Waals surface area contributed by atoms with E-state index in [9.17, 15) is 14.4 Å². The average Bonchev–Trinajstić information content (AvgIpc) is 3.48. The highest BCUT2D eigenvalue weighted by Crippen LogP contribution is 2.57. The summed E-state index contributed by atoms with van der Waals surface area (Å²) in [5.74, 6) is -1.29. The van der Waals surface area contributed by atoms with Gasteiger partial charge < -0.3 is 14.5 Å². The number of benzene rings is 1. The topological polar surface area (TPSA) is 85.6 Å². The van der Waals surface area contributed by atoms with Gasteiger partial charge in [-0.05, 0) is 69.1 Å². The Hall–Kier alpha value is -3.29. The zero-order valence-electron chi connectivity index (χ0n) is 25.0. The fraction of sp³-hybridized carbons (Fsp3) is 0.576. The molecule has 5 aliphatic rings. The minimum absolute atomic E-state index is 0.0229. The van der Waals surface area contributed by atoms with Gasteiger partial charge in [0.15, 0.2) is 12.0 Å². The molecule has 4 heterocycles. The minimum atomic E-state index is -1.38. The lowest BCUT2D eigenvalue weighted by Gasteiger charge is -2.49. The van der Waals surface area contributed by atoms with Gasteiger partial charge in [0.1, 0.15) is 12.4 Å². The Morgan fingerprint density at radius 3 is 2.68 bits per heavy atom. The molecule has 44 heavy (non-hydrogen) atoms. The molecule has 0 saturated carbocycles. The van der Waals surface area contributed by atoms with Crippen LogP contribution in [0.1, 0.15) is 74.0 Å². The maximum atomic E-state index is 17.1. The zero-order chi connectivity index (χ0) is 30.8. The Morgan fingerprint density at radius 1 is 1.18 bits per heavy atom. The number of nitriles is 1. The Morgan fingerprint density at radius 2 is 1.98 bits per heavy atom. The number of fused-ring (bicyclic) bond motifs is 4. The van der Waals surface area contributed by atoms with Crippen LogP contribution in [-0.4, -0.2) is 76.1 Å². The van der Waals surface area contributed by atoms with Crippen molar-refractivity contribution in [3.05, 3.63) is 58.0 Å². The van der Waals surface area contributed by atoms with Gasteiger partial charge in [0, 0.05) is 48.2 Å². The fourth-order valence-electron chi connectivity index (χ4n) is 8.59. The van der Waals surface area contributed by atoms with Crippen LogP contribution < -0.4 is 9.64 Å². The summed E-state index contributed by atoms with van der Waals surface area (Å²) in [6.45, 7) is 7.68. The molecule has 2 aliphatic carbocycles. The number of hydrogen-bond donors (Lipinski definition) is 0. The van der Waals surface area contributed by atoms with Crippen LogP contribution in [0.4, 0.5) is 14.6 Å². The molecule has 1 aromatic carbocycles. The number of aromatic nitrogens is 2. The van der Waals surface area contributed by atoms with Crippen LogP contribution in [0.15, 0.2) is 30.6 Å². The molecule has 8 nitrogen and oxygen atoms in total. The molecule has 3 fully saturated rings. The summed E-state index contributed by atoms with van der Waals surface area (Å²) in [5.41, 5.74) is 2.29. The second-order valence-corrected chi connectivity index (χ2v) is 13.6. The van der Waals surface area contributed by atoms with Crippen molar-refractivity contribution in [1.29, 1.82) is 5.26 Å². The summed E-state index contributed by atoms with van der Waals surface area (Å²) in [5, 5.41) is 10.2. The number of amides is 1. The van der Waals surface area contributed by atoms with E-state index in [1.807, 2.05) is 23.1 Å². The van der Waals surface area contributed by atoms with Gasteiger partial charge in [-0.25, -0.2) is 8.78 Å². The first kappa shape index (κ1) is 29.4. The van der Waals surface area contributed by atoms with Crippen LogP contribution in [0.25, 0.3) is 0 Å². The molecule has 3 aliphatic heterocycles. The summed E-state index contributed by atoms with van der Waals surface area (Å²) in [6, 6.07) is 7.97. The number of carbonyl (C=O) groups excluding carboxylic acids is 1. The van der Waals surface area contributed by atoms with Crippen molar-refractivity contribution in [2.45, 2.75) is 87.5 Å². The highest BCUT2D eigenvalue weighted by molar-refractivity contribution is 6.31. The summed E-state index contributed by atoms with van der Waals surface area (Å²) in [6.07, 6.45) is 4.37. The third kappa shape index (κ3) is 4.49. The average molecular weight is 623 g/mol. The molecule has 3 saturated heterocycles. The van der Waals surface area contributed by atoms with Gasteiger partial charge >= 0.3 is 6.01 Å². The number of hydrogen-bond acceptors (Lipinski definition) is 7. The van der Waals surface area contributed by atoms with Crippen molar-refractivity contribution in [2.75, 3.05) is 37.7 Å². The largest absolute Gasteiger partial charge is 0.461 e. The molecule has 1 spiro atoms. The second kappa shape index (κ2) is 11.0. The van der Waals surface area contributed by atoms with E-state index in [0.29, 0.717) is 61.4 Å². The SMILES string of the molecule is C=C(F)C(=O)N1CCN(c2nc(OC[C@@]34CC[C@@H](C)N3CC4)nc3c2CC[C@@]2(CCc4c(Cl)cccc42)[C@H]3F)C[C@@H]1CC#N. The second-order valence-electron chi connectivity index (χ2n) is 13.2. The quantitative estimate of drug-likeness (QED) is 0.399. The highest BCUT2D eigenvalue weighted by Gasteiger charge is 2.53. The predicted molar refractivity (Wildman–Crippen MR) is 162 cm³/mol. The summed E-state index contributed by atoms with van der Waals surface area (Å²) in [4.78, 5) is 28.0. The molecule has 0 unspecified atom stereocenters. The first-order chi connectivity index (χ1) is 21.2. The van der Waals surface area contributed by atoms with Crippen LogP contribution in [0.2, 0.25) is 5.02 Å². The van der Waals surface area contributed by atoms with Crippen molar-refractivity contribution < 1.29 is 18.3 Å². The predicted octanol–water partition coefficient (Wildman–Crippen LogP) is 5.39. The number of rotatable bonds is 6. The molecule has 1 amide bonds. The first-order valence-corrected chi connectivity index (χ1v) is 16.0. The van der Waals surface area contributed by atoms with Crippen molar-refractivity contribution in [2.24, 2.45) is 0 Å². The fourth-order valence-corrected chi connectivity index (χ4v) is 8.86. The van der Waals surface area contributed by atoms with Crippen molar-refractivity contribution in [1.82, 2.24) is 19.8 Å². The van der Waals surface area contributed by atoms with E-state index in [-0.39, 0.29) is 31.1 Å². The third-order valence-corrected chi connectivity index (χ3v) is 11.4. The number of anilines is 1. The molecule has 232 valence electrons. The van der Waals surface area contributed by atoms with Gasteiger partial charge in [-0.3, -0.25) is 9.69 Å². The van der Waals surface area contributed by atoms with E-state index >= 15 is 4.39 Å². The Kier molecular flexibility index (Phi) is 7.32.